The first kappa shape index (κ1) is 15.2. The topological polar surface area (TPSA) is 80.8 Å². The van der Waals surface area contributed by atoms with Gasteiger partial charge < -0.3 is 4.74 Å². The van der Waals surface area contributed by atoms with Crippen LogP contribution >= 0.6 is 0 Å². The molecule has 0 bridgehead atoms. The number of pyridine rings is 1. The zero-order valence-corrected chi connectivity index (χ0v) is 13.5. The summed E-state index contributed by atoms with van der Waals surface area (Å²) in [7, 11) is 0. The van der Waals surface area contributed by atoms with Crippen LogP contribution in [-0.2, 0) is 12.0 Å². The molecule has 3 rings (SSSR count). The molecule has 6 heteroatoms. The number of nitriles is 1. The molecule has 0 saturated carbocycles. The van der Waals surface area contributed by atoms with Crippen LogP contribution in [0.25, 0.3) is 11.3 Å². The Bertz CT molecular complexity index is 839. The minimum absolute atomic E-state index is 0.0320. The fourth-order valence-corrected chi connectivity index (χ4v) is 2.52. The van der Waals surface area contributed by atoms with Crippen LogP contribution < -0.4 is 10.3 Å². The predicted octanol–water partition coefficient (Wildman–Crippen LogP) is 2.26. The minimum Gasteiger partial charge on any atom is -0.465 e. The van der Waals surface area contributed by atoms with Crippen molar-refractivity contribution in [3.63, 3.8) is 0 Å². The molecule has 23 heavy (non-hydrogen) atoms. The second-order valence-corrected chi connectivity index (χ2v) is 6.57. The smallest absolute Gasteiger partial charge is 0.299 e. The Morgan fingerprint density at radius 3 is 2.74 bits per heavy atom. The lowest BCUT2D eigenvalue weighted by molar-refractivity contribution is 0.222. The van der Waals surface area contributed by atoms with E-state index in [4.69, 9.17) is 4.74 Å². The molecule has 2 aromatic rings. The number of fused-ring (bicyclic) bond motifs is 1. The monoisotopic (exact) mass is 310 g/mol. The van der Waals surface area contributed by atoms with Crippen LogP contribution in [0.2, 0.25) is 0 Å². The van der Waals surface area contributed by atoms with Gasteiger partial charge in [0.25, 0.3) is 11.6 Å². The highest BCUT2D eigenvalue weighted by atomic mass is 16.5. The molecular weight excluding hydrogens is 292 g/mol. The van der Waals surface area contributed by atoms with Crippen LogP contribution in [0.1, 0.15) is 38.4 Å². The van der Waals surface area contributed by atoms with Gasteiger partial charge in [-0.05, 0) is 18.6 Å². The number of aromatic nitrogens is 3. The van der Waals surface area contributed by atoms with E-state index in [1.807, 2.05) is 18.2 Å². The SMILES string of the molecule is CC(C)(C)c1ccc(-c2nc3n(c(=O)c2C#N)CCCO3)cn1. The highest BCUT2D eigenvalue weighted by Gasteiger charge is 2.22. The van der Waals surface area contributed by atoms with Crippen molar-refractivity contribution in [3.8, 4) is 23.3 Å². The Labute approximate surface area is 134 Å². The van der Waals surface area contributed by atoms with E-state index in [0.29, 0.717) is 24.4 Å². The number of hydrogen-bond donors (Lipinski definition) is 0. The molecule has 6 nitrogen and oxygen atoms in total. The van der Waals surface area contributed by atoms with Gasteiger partial charge in [0.15, 0.2) is 0 Å². The summed E-state index contributed by atoms with van der Waals surface area (Å²) >= 11 is 0. The van der Waals surface area contributed by atoms with Gasteiger partial charge in [0.2, 0.25) is 0 Å². The molecule has 0 radical (unpaired) electrons. The van der Waals surface area contributed by atoms with Crippen molar-refractivity contribution in [3.05, 3.63) is 39.9 Å². The van der Waals surface area contributed by atoms with E-state index in [2.05, 4.69) is 30.7 Å². The van der Waals surface area contributed by atoms with Gasteiger partial charge in [0.05, 0.1) is 6.61 Å². The molecule has 0 atom stereocenters. The Kier molecular flexibility index (Phi) is 3.64. The Morgan fingerprint density at radius 1 is 1.35 bits per heavy atom. The van der Waals surface area contributed by atoms with Gasteiger partial charge in [-0.1, -0.05) is 20.8 Å². The number of hydrogen-bond acceptors (Lipinski definition) is 5. The van der Waals surface area contributed by atoms with Gasteiger partial charge in [0, 0.05) is 29.4 Å². The Balaban J connectivity index is 2.15. The zero-order chi connectivity index (χ0) is 16.6. The van der Waals surface area contributed by atoms with Crippen molar-refractivity contribution in [1.29, 1.82) is 5.26 Å². The maximum Gasteiger partial charge on any atom is 0.299 e. The minimum atomic E-state index is -0.355. The highest BCUT2D eigenvalue weighted by Crippen LogP contribution is 2.25. The molecule has 0 fully saturated rings. The van der Waals surface area contributed by atoms with E-state index in [9.17, 15) is 10.1 Å². The molecule has 1 aliphatic rings. The maximum absolute atomic E-state index is 12.5. The molecule has 0 saturated heterocycles. The van der Waals surface area contributed by atoms with Gasteiger partial charge in [-0.2, -0.15) is 10.2 Å². The number of rotatable bonds is 1. The van der Waals surface area contributed by atoms with Crippen molar-refractivity contribution in [2.45, 2.75) is 39.2 Å². The van der Waals surface area contributed by atoms with E-state index in [-0.39, 0.29) is 22.5 Å². The second-order valence-electron chi connectivity index (χ2n) is 6.57. The van der Waals surface area contributed by atoms with E-state index in [1.54, 1.807) is 6.20 Å². The van der Waals surface area contributed by atoms with Crippen molar-refractivity contribution in [2.24, 2.45) is 0 Å². The van der Waals surface area contributed by atoms with Crippen LogP contribution in [0, 0.1) is 11.3 Å². The van der Waals surface area contributed by atoms with Crippen LogP contribution in [0.5, 0.6) is 6.01 Å². The molecule has 2 aromatic heterocycles. The first-order valence-electron chi connectivity index (χ1n) is 7.56. The lowest BCUT2D eigenvalue weighted by Gasteiger charge is -2.20. The number of nitrogens with zero attached hydrogens (tertiary/aromatic N) is 4. The third-order valence-electron chi connectivity index (χ3n) is 3.81. The van der Waals surface area contributed by atoms with Crippen molar-refractivity contribution < 1.29 is 4.74 Å². The summed E-state index contributed by atoms with van der Waals surface area (Å²) in [6.07, 6.45) is 2.39. The molecule has 0 aromatic carbocycles. The van der Waals surface area contributed by atoms with Gasteiger partial charge >= 0.3 is 0 Å². The van der Waals surface area contributed by atoms with Crippen LogP contribution in [0.4, 0.5) is 0 Å². The third kappa shape index (κ3) is 2.70. The van der Waals surface area contributed by atoms with Crippen molar-refractivity contribution in [1.82, 2.24) is 14.5 Å². The summed E-state index contributed by atoms with van der Waals surface area (Å²) in [6, 6.07) is 5.99. The highest BCUT2D eigenvalue weighted by molar-refractivity contribution is 5.65. The summed E-state index contributed by atoms with van der Waals surface area (Å²) in [5, 5.41) is 9.38. The van der Waals surface area contributed by atoms with Gasteiger partial charge in [-0.3, -0.25) is 14.3 Å². The number of ether oxygens (including phenoxy) is 1. The average Bonchev–Trinajstić information content (AvgIpc) is 2.54. The predicted molar refractivity (Wildman–Crippen MR) is 85.3 cm³/mol. The average molecular weight is 310 g/mol. The van der Waals surface area contributed by atoms with Crippen LogP contribution in [-0.4, -0.2) is 21.1 Å². The molecule has 0 unspecified atom stereocenters. The second kappa shape index (κ2) is 5.51. The summed E-state index contributed by atoms with van der Waals surface area (Å²) in [6.45, 7) is 7.28. The van der Waals surface area contributed by atoms with E-state index in [1.165, 1.54) is 4.57 Å². The summed E-state index contributed by atoms with van der Waals surface area (Å²) in [5.74, 6) is 0. The summed E-state index contributed by atoms with van der Waals surface area (Å²) in [5.41, 5.74) is 1.52. The maximum atomic E-state index is 12.5. The molecule has 0 amide bonds. The summed E-state index contributed by atoms with van der Waals surface area (Å²) < 4.78 is 6.89. The largest absolute Gasteiger partial charge is 0.465 e. The van der Waals surface area contributed by atoms with Gasteiger partial charge in [-0.15, -0.1) is 0 Å². The van der Waals surface area contributed by atoms with E-state index < -0.39 is 0 Å². The third-order valence-corrected chi connectivity index (χ3v) is 3.81. The molecule has 0 spiro atoms. The zero-order valence-electron chi connectivity index (χ0n) is 13.5. The molecular formula is C17H18N4O2. The lowest BCUT2D eigenvalue weighted by Crippen LogP contribution is -2.30. The Hall–Kier alpha value is -2.68. The first-order chi connectivity index (χ1) is 10.9. The molecule has 0 aliphatic carbocycles. The quantitative estimate of drug-likeness (QED) is 0.807. The lowest BCUT2D eigenvalue weighted by atomic mass is 9.91. The molecule has 0 N–H and O–H groups in total. The fourth-order valence-electron chi connectivity index (χ4n) is 2.52. The van der Waals surface area contributed by atoms with Gasteiger partial charge in [-0.25, -0.2) is 0 Å². The summed E-state index contributed by atoms with van der Waals surface area (Å²) in [4.78, 5) is 21.3. The van der Waals surface area contributed by atoms with Crippen LogP contribution in [0.15, 0.2) is 23.1 Å². The first-order valence-corrected chi connectivity index (χ1v) is 7.56. The Morgan fingerprint density at radius 2 is 2.13 bits per heavy atom. The van der Waals surface area contributed by atoms with Crippen molar-refractivity contribution >= 4 is 0 Å². The van der Waals surface area contributed by atoms with E-state index in [0.717, 1.165) is 12.1 Å². The molecule has 118 valence electrons. The normalized spacial score (nSPS) is 13.8. The van der Waals surface area contributed by atoms with Crippen molar-refractivity contribution in [2.75, 3.05) is 6.61 Å². The fraction of sp³-hybridized carbons (Fsp3) is 0.412. The van der Waals surface area contributed by atoms with Crippen LogP contribution in [0.3, 0.4) is 0 Å². The molecule has 3 heterocycles. The standard InChI is InChI=1S/C17H18N4O2/c1-17(2,3)13-6-5-11(10-19-13)14-12(9-18)15(22)21-7-4-8-23-16(21)20-14/h5-6,10H,4,7-8H2,1-3H3. The molecule has 1 aliphatic heterocycles. The van der Waals surface area contributed by atoms with E-state index >= 15 is 0 Å². The van der Waals surface area contributed by atoms with Gasteiger partial charge in [0.1, 0.15) is 17.3 Å².